The number of fused-ring (bicyclic) bond motifs is 1. The first-order chi connectivity index (χ1) is 18.5. The summed E-state index contributed by atoms with van der Waals surface area (Å²) in [6, 6.07) is 4.86. The van der Waals surface area contributed by atoms with Crippen LogP contribution in [0.5, 0.6) is 5.75 Å². The number of carbonyl (C=O) groups excluding carboxylic acids is 2. The molecular formula is C25H27F5N4O5. The van der Waals surface area contributed by atoms with Crippen LogP contribution in [0.15, 0.2) is 29.1 Å². The van der Waals surface area contributed by atoms with E-state index in [1.807, 2.05) is 0 Å². The molecule has 1 aromatic carbocycles. The van der Waals surface area contributed by atoms with Gasteiger partial charge in [0.05, 0.1) is 44.1 Å². The average Bonchev–Trinajstić information content (AvgIpc) is 2.87. The van der Waals surface area contributed by atoms with Crippen molar-refractivity contribution in [1.82, 2.24) is 19.8 Å². The fourth-order valence-corrected chi connectivity index (χ4v) is 4.70. The quantitative estimate of drug-likeness (QED) is 0.373. The first kappa shape index (κ1) is 28.6. The number of amides is 1. The Morgan fingerprint density at radius 2 is 1.97 bits per heavy atom. The highest BCUT2D eigenvalue weighted by molar-refractivity contribution is 5.98. The number of piperidine rings is 1. The number of halogens is 5. The minimum absolute atomic E-state index is 0.0903. The highest BCUT2D eigenvalue weighted by Gasteiger charge is 2.32. The lowest BCUT2D eigenvalue weighted by molar-refractivity contribution is -0.274. The maximum absolute atomic E-state index is 13.3. The van der Waals surface area contributed by atoms with Gasteiger partial charge in [-0.15, -0.1) is 13.2 Å². The van der Waals surface area contributed by atoms with Gasteiger partial charge >= 0.3 is 6.36 Å². The van der Waals surface area contributed by atoms with E-state index in [2.05, 4.69) is 14.7 Å². The number of ether oxygens (including phenoxy) is 2. The number of nitrogens with one attached hydrogen (secondary N) is 1. The van der Waals surface area contributed by atoms with Gasteiger partial charge in [-0.3, -0.25) is 19.3 Å². The second kappa shape index (κ2) is 12.2. The molecule has 0 bridgehead atoms. The summed E-state index contributed by atoms with van der Waals surface area (Å²) in [6.45, 7) is -0.178. The molecule has 4 rings (SSSR count). The predicted octanol–water partition coefficient (Wildman–Crippen LogP) is 2.93. The summed E-state index contributed by atoms with van der Waals surface area (Å²) < 4.78 is 73.2. The Hall–Kier alpha value is -3.39. The van der Waals surface area contributed by atoms with Crippen LogP contribution in [0.25, 0.3) is 0 Å². The van der Waals surface area contributed by atoms with Crippen LogP contribution in [-0.4, -0.2) is 77.0 Å². The van der Waals surface area contributed by atoms with Crippen LogP contribution in [0.4, 0.5) is 22.0 Å². The predicted molar refractivity (Wildman–Crippen MR) is 126 cm³/mol. The van der Waals surface area contributed by atoms with Gasteiger partial charge < -0.3 is 19.4 Å². The van der Waals surface area contributed by atoms with Crippen molar-refractivity contribution in [2.75, 3.05) is 32.8 Å². The third-order valence-electron chi connectivity index (χ3n) is 6.60. The molecule has 1 amide bonds. The molecule has 0 radical (unpaired) electrons. The summed E-state index contributed by atoms with van der Waals surface area (Å²) in [5.41, 5.74) is 0.564. The van der Waals surface area contributed by atoms with Crippen molar-refractivity contribution in [3.05, 3.63) is 57.3 Å². The van der Waals surface area contributed by atoms with Gasteiger partial charge in [-0.2, -0.15) is 0 Å². The number of Topliss-reactive ketones (excluding diaryl/α,β-unsaturated/α-hetero) is 1. The topological polar surface area (TPSA) is 105 Å². The number of aromatic nitrogens is 2. The number of rotatable bonds is 9. The molecule has 2 aromatic rings. The third-order valence-corrected chi connectivity index (χ3v) is 6.60. The fraction of sp³-hybridized carbons (Fsp3) is 0.520. The number of hydrogen-bond acceptors (Lipinski definition) is 7. The van der Waals surface area contributed by atoms with E-state index in [-0.39, 0.29) is 36.9 Å². The fourth-order valence-electron chi connectivity index (χ4n) is 4.70. The van der Waals surface area contributed by atoms with Crippen LogP contribution < -0.4 is 10.3 Å². The van der Waals surface area contributed by atoms with Crippen LogP contribution in [0.3, 0.4) is 0 Å². The van der Waals surface area contributed by atoms with E-state index >= 15 is 0 Å². The number of alkyl halides is 5. The van der Waals surface area contributed by atoms with Crippen molar-refractivity contribution in [3.8, 4) is 5.75 Å². The first-order valence-electron chi connectivity index (χ1n) is 12.4. The Morgan fingerprint density at radius 3 is 2.67 bits per heavy atom. The minimum atomic E-state index is -4.88. The summed E-state index contributed by atoms with van der Waals surface area (Å²) in [6.07, 6.45) is -6.59. The van der Waals surface area contributed by atoms with Crippen LogP contribution in [0, 0.1) is 5.92 Å². The third kappa shape index (κ3) is 7.82. The molecule has 0 spiro atoms. The highest BCUT2D eigenvalue weighted by Crippen LogP contribution is 2.27. The molecule has 2 aliphatic rings. The van der Waals surface area contributed by atoms with Crippen LogP contribution in [0.2, 0.25) is 0 Å². The second-order valence-electron chi connectivity index (χ2n) is 9.40. The normalized spacial score (nSPS) is 16.7. The number of benzene rings is 1. The lowest BCUT2D eigenvalue weighted by atomic mass is 9.89. The molecule has 0 unspecified atom stereocenters. The van der Waals surface area contributed by atoms with Gasteiger partial charge in [0.25, 0.3) is 12.0 Å². The van der Waals surface area contributed by atoms with Crippen molar-refractivity contribution in [2.24, 2.45) is 5.92 Å². The standard InChI is InChI=1S/C25H27F5N4O5/c26-20(27)11-34(12-21-31-19-6-9-38-14-18(19)24(37)32-21)22(35)13-33-7-4-15(5-8-33)23(36)16-2-1-3-17(10-16)39-25(28,29)30/h1-3,10,15,20H,4-9,11-14H2,(H,31,32,37). The molecule has 0 atom stereocenters. The maximum atomic E-state index is 13.3. The Kier molecular flexibility index (Phi) is 8.95. The van der Waals surface area contributed by atoms with Gasteiger partial charge in [0.1, 0.15) is 11.6 Å². The zero-order chi connectivity index (χ0) is 28.2. The lowest BCUT2D eigenvalue weighted by Gasteiger charge is -2.32. The summed E-state index contributed by atoms with van der Waals surface area (Å²) in [7, 11) is 0. The van der Waals surface area contributed by atoms with Crippen molar-refractivity contribution in [2.45, 2.75) is 45.2 Å². The minimum Gasteiger partial charge on any atom is -0.406 e. The van der Waals surface area contributed by atoms with Gasteiger partial charge in [-0.1, -0.05) is 12.1 Å². The molecular weight excluding hydrogens is 531 g/mol. The molecule has 0 aliphatic carbocycles. The van der Waals surface area contributed by atoms with Crippen molar-refractivity contribution in [1.29, 1.82) is 0 Å². The number of likely N-dealkylation sites (tertiary alicyclic amines) is 1. The van der Waals surface area contributed by atoms with Crippen LogP contribution in [-0.2, 0) is 29.1 Å². The van der Waals surface area contributed by atoms with Crippen molar-refractivity contribution >= 4 is 11.7 Å². The molecule has 1 fully saturated rings. The molecule has 1 saturated heterocycles. The largest absolute Gasteiger partial charge is 0.573 e. The van der Waals surface area contributed by atoms with E-state index in [1.54, 1.807) is 4.90 Å². The van der Waals surface area contributed by atoms with Crippen molar-refractivity contribution in [3.63, 3.8) is 0 Å². The number of carbonyl (C=O) groups is 2. The zero-order valence-corrected chi connectivity index (χ0v) is 20.8. The van der Waals surface area contributed by atoms with E-state index in [1.165, 1.54) is 12.1 Å². The molecule has 0 saturated carbocycles. The zero-order valence-electron chi connectivity index (χ0n) is 20.8. The van der Waals surface area contributed by atoms with E-state index < -0.39 is 42.5 Å². The average molecular weight is 559 g/mol. The first-order valence-corrected chi connectivity index (χ1v) is 12.4. The SMILES string of the molecule is O=C(c1cccc(OC(F)(F)F)c1)C1CCN(CC(=O)N(Cc2nc3c(c(=O)[nH]2)COCC3)CC(F)F)CC1. The number of nitrogens with zero attached hydrogens (tertiary/aromatic N) is 3. The van der Waals surface area contributed by atoms with E-state index in [4.69, 9.17) is 4.74 Å². The maximum Gasteiger partial charge on any atom is 0.573 e. The van der Waals surface area contributed by atoms with Gasteiger partial charge in [0.15, 0.2) is 5.78 Å². The molecule has 9 nitrogen and oxygen atoms in total. The van der Waals surface area contributed by atoms with Crippen LogP contribution >= 0.6 is 0 Å². The molecule has 1 aromatic heterocycles. The van der Waals surface area contributed by atoms with E-state index in [0.29, 0.717) is 50.2 Å². The highest BCUT2D eigenvalue weighted by atomic mass is 19.4. The van der Waals surface area contributed by atoms with E-state index in [9.17, 15) is 36.3 Å². The van der Waals surface area contributed by atoms with Gasteiger partial charge in [-0.25, -0.2) is 13.8 Å². The molecule has 14 heteroatoms. The monoisotopic (exact) mass is 558 g/mol. The number of aromatic amines is 1. The molecule has 3 heterocycles. The van der Waals surface area contributed by atoms with E-state index in [0.717, 1.165) is 17.0 Å². The summed E-state index contributed by atoms with van der Waals surface area (Å²) in [5.74, 6) is -1.76. The molecule has 212 valence electrons. The summed E-state index contributed by atoms with van der Waals surface area (Å²) in [4.78, 5) is 47.7. The Morgan fingerprint density at radius 1 is 1.23 bits per heavy atom. The van der Waals surface area contributed by atoms with Gasteiger partial charge in [0, 0.05) is 17.9 Å². The molecule has 1 N–H and O–H groups in total. The Bertz CT molecular complexity index is 1240. The summed E-state index contributed by atoms with van der Waals surface area (Å²) in [5, 5.41) is 0. The van der Waals surface area contributed by atoms with Gasteiger partial charge in [-0.05, 0) is 38.1 Å². The lowest BCUT2D eigenvalue weighted by Crippen LogP contribution is -2.45. The number of H-pyrrole nitrogens is 1. The summed E-state index contributed by atoms with van der Waals surface area (Å²) >= 11 is 0. The number of ketones is 1. The molecule has 39 heavy (non-hydrogen) atoms. The Labute approximate surface area is 219 Å². The van der Waals surface area contributed by atoms with Gasteiger partial charge in [0.2, 0.25) is 5.91 Å². The smallest absolute Gasteiger partial charge is 0.406 e. The second-order valence-corrected chi connectivity index (χ2v) is 9.40. The molecule has 2 aliphatic heterocycles. The van der Waals surface area contributed by atoms with Crippen molar-refractivity contribution < 1.29 is 41.0 Å². The van der Waals surface area contributed by atoms with Crippen LogP contribution in [0.1, 0.15) is 40.3 Å². The Balaban J connectivity index is 1.35. The number of hydrogen-bond donors (Lipinski definition) is 1.